The van der Waals surface area contributed by atoms with Crippen LogP contribution in [-0.2, 0) is 25.5 Å². The third-order valence-corrected chi connectivity index (χ3v) is 5.54. The van der Waals surface area contributed by atoms with Gasteiger partial charge in [-0.15, -0.1) is 0 Å². The van der Waals surface area contributed by atoms with Crippen LogP contribution in [0.25, 0.3) is 0 Å². The Bertz CT molecular complexity index is 1020. The number of phenolic OH excluding ortho intramolecular Hbond substituents is 1. The van der Waals surface area contributed by atoms with Crippen LogP contribution in [0.4, 0.5) is 5.69 Å². The summed E-state index contributed by atoms with van der Waals surface area (Å²) >= 11 is 0. The van der Waals surface area contributed by atoms with Gasteiger partial charge >= 0.3 is 5.97 Å². The average Bonchev–Trinajstić information content (AvgIpc) is 3.30. The van der Waals surface area contributed by atoms with Crippen LogP contribution in [-0.4, -0.2) is 59.4 Å². The van der Waals surface area contributed by atoms with Crippen molar-refractivity contribution < 1.29 is 29.0 Å². The molecule has 1 fully saturated rings. The van der Waals surface area contributed by atoms with Crippen molar-refractivity contribution in [3.8, 4) is 5.75 Å². The SMILES string of the molecule is COC(=O)[C@H](Cc1ccc(O)cc1)NC(=O)c1ccc(NC(=O)[C@@H]2CCCN2C(C)=O)cc1. The van der Waals surface area contributed by atoms with Crippen LogP contribution in [0, 0.1) is 0 Å². The van der Waals surface area contributed by atoms with Crippen molar-refractivity contribution in [3.63, 3.8) is 0 Å². The van der Waals surface area contributed by atoms with Crippen LogP contribution in [0.5, 0.6) is 5.75 Å². The Labute approximate surface area is 191 Å². The van der Waals surface area contributed by atoms with E-state index < -0.39 is 24.0 Å². The molecular weight excluding hydrogens is 426 g/mol. The zero-order valence-electron chi connectivity index (χ0n) is 18.5. The lowest BCUT2D eigenvalue weighted by Crippen LogP contribution is -2.43. The number of nitrogens with zero attached hydrogens (tertiary/aromatic N) is 1. The zero-order valence-corrected chi connectivity index (χ0v) is 18.5. The second-order valence-corrected chi connectivity index (χ2v) is 7.86. The van der Waals surface area contributed by atoms with Gasteiger partial charge in [0.2, 0.25) is 11.8 Å². The maximum absolute atomic E-state index is 12.7. The van der Waals surface area contributed by atoms with E-state index in [0.29, 0.717) is 24.2 Å². The molecule has 0 aliphatic carbocycles. The number of amides is 3. The number of hydrogen-bond donors (Lipinski definition) is 3. The fourth-order valence-corrected chi connectivity index (χ4v) is 3.79. The molecule has 1 aliphatic heterocycles. The van der Waals surface area contributed by atoms with Crippen molar-refractivity contribution in [3.05, 3.63) is 59.7 Å². The first-order chi connectivity index (χ1) is 15.8. The number of hydrogen-bond acceptors (Lipinski definition) is 6. The summed E-state index contributed by atoms with van der Waals surface area (Å²) in [6.07, 6.45) is 1.59. The summed E-state index contributed by atoms with van der Waals surface area (Å²) in [5.74, 6) is -1.36. The topological polar surface area (TPSA) is 125 Å². The van der Waals surface area contributed by atoms with Gasteiger partial charge in [-0.05, 0) is 54.8 Å². The molecule has 33 heavy (non-hydrogen) atoms. The molecule has 2 aromatic rings. The second kappa shape index (κ2) is 10.6. The Morgan fingerprint density at radius 2 is 1.76 bits per heavy atom. The number of carbonyl (C=O) groups excluding carboxylic acids is 4. The molecule has 3 rings (SSSR count). The fourth-order valence-electron chi connectivity index (χ4n) is 3.79. The number of nitrogens with one attached hydrogen (secondary N) is 2. The predicted octanol–water partition coefficient (Wildman–Crippen LogP) is 1.86. The zero-order chi connectivity index (χ0) is 24.0. The number of ether oxygens (including phenoxy) is 1. The predicted molar refractivity (Wildman–Crippen MR) is 121 cm³/mol. The van der Waals surface area contributed by atoms with E-state index in [1.165, 1.54) is 38.3 Å². The summed E-state index contributed by atoms with van der Waals surface area (Å²) < 4.78 is 4.80. The lowest BCUT2D eigenvalue weighted by atomic mass is 10.0. The molecule has 1 aliphatic rings. The average molecular weight is 453 g/mol. The lowest BCUT2D eigenvalue weighted by molar-refractivity contribution is -0.142. The second-order valence-electron chi connectivity index (χ2n) is 7.86. The van der Waals surface area contributed by atoms with E-state index in [1.807, 2.05) is 0 Å². The van der Waals surface area contributed by atoms with Gasteiger partial charge < -0.3 is 25.4 Å². The highest BCUT2D eigenvalue weighted by Gasteiger charge is 2.32. The smallest absolute Gasteiger partial charge is 0.328 e. The van der Waals surface area contributed by atoms with Crippen molar-refractivity contribution >= 4 is 29.4 Å². The standard InChI is InChI=1S/C24H27N3O6/c1-15(28)27-13-3-4-21(27)23(31)25-18-9-7-17(8-10-18)22(30)26-20(24(32)33-2)14-16-5-11-19(29)12-6-16/h5-12,20-21,29H,3-4,13-14H2,1-2H3,(H,25,31)(H,26,30)/t20-,21-/m0/s1. The first-order valence-corrected chi connectivity index (χ1v) is 10.6. The maximum Gasteiger partial charge on any atom is 0.328 e. The van der Waals surface area contributed by atoms with E-state index in [4.69, 9.17) is 4.74 Å². The van der Waals surface area contributed by atoms with Crippen LogP contribution >= 0.6 is 0 Å². The third kappa shape index (κ3) is 6.09. The van der Waals surface area contributed by atoms with Gasteiger partial charge in [-0.25, -0.2) is 4.79 Å². The summed E-state index contributed by atoms with van der Waals surface area (Å²) in [4.78, 5) is 50.6. The molecule has 1 heterocycles. The molecule has 174 valence electrons. The number of benzene rings is 2. The number of aromatic hydroxyl groups is 1. The summed E-state index contributed by atoms with van der Waals surface area (Å²) in [6.45, 7) is 2.01. The molecule has 0 saturated carbocycles. The number of carbonyl (C=O) groups is 4. The van der Waals surface area contributed by atoms with Crippen LogP contribution in [0.1, 0.15) is 35.7 Å². The Hall–Kier alpha value is -3.88. The van der Waals surface area contributed by atoms with E-state index in [9.17, 15) is 24.3 Å². The molecule has 0 unspecified atom stereocenters. The highest BCUT2D eigenvalue weighted by Crippen LogP contribution is 2.20. The Morgan fingerprint density at radius 1 is 1.09 bits per heavy atom. The number of rotatable bonds is 7. The van der Waals surface area contributed by atoms with E-state index in [-0.39, 0.29) is 24.0 Å². The first-order valence-electron chi connectivity index (χ1n) is 10.6. The monoisotopic (exact) mass is 453 g/mol. The molecule has 3 amide bonds. The summed E-state index contributed by atoms with van der Waals surface area (Å²) in [5, 5.41) is 14.9. The number of likely N-dealkylation sites (tertiary alicyclic amines) is 1. The van der Waals surface area contributed by atoms with Crippen molar-refractivity contribution in [2.45, 2.75) is 38.3 Å². The molecule has 0 spiro atoms. The number of methoxy groups -OCH3 is 1. The lowest BCUT2D eigenvalue weighted by Gasteiger charge is -2.22. The van der Waals surface area contributed by atoms with Crippen LogP contribution in [0.2, 0.25) is 0 Å². The number of phenols is 1. The fraction of sp³-hybridized carbons (Fsp3) is 0.333. The molecule has 0 radical (unpaired) electrons. The summed E-state index contributed by atoms with van der Waals surface area (Å²) in [7, 11) is 1.24. The highest BCUT2D eigenvalue weighted by atomic mass is 16.5. The van der Waals surface area contributed by atoms with Crippen LogP contribution in [0.3, 0.4) is 0 Å². The quantitative estimate of drug-likeness (QED) is 0.550. The molecule has 0 bridgehead atoms. The van der Waals surface area contributed by atoms with Gasteiger partial charge in [-0.1, -0.05) is 12.1 Å². The maximum atomic E-state index is 12.7. The number of anilines is 1. The van der Waals surface area contributed by atoms with Gasteiger partial charge in [0.25, 0.3) is 5.91 Å². The molecule has 3 N–H and O–H groups in total. The minimum absolute atomic E-state index is 0.103. The Balaban J connectivity index is 1.63. The number of esters is 1. The molecule has 2 atom stereocenters. The highest BCUT2D eigenvalue weighted by molar-refractivity contribution is 5.99. The van der Waals surface area contributed by atoms with Crippen LogP contribution < -0.4 is 10.6 Å². The minimum Gasteiger partial charge on any atom is -0.508 e. The summed E-state index contributed by atoms with van der Waals surface area (Å²) in [6, 6.07) is 11.2. The first kappa shape index (κ1) is 23.8. The van der Waals surface area contributed by atoms with Gasteiger partial charge in [-0.3, -0.25) is 14.4 Å². The van der Waals surface area contributed by atoms with Crippen LogP contribution in [0.15, 0.2) is 48.5 Å². The van der Waals surface area contributed by atoms with Crippen molar-refractivity contribution in [2.24, 2.45) is 0 Å². The molecule has 0 aromatic heterocycles. The third-order valence-electron chi connectivity index (χ3n) is 5.54. The summed E-state index contributed by atoms with van der Waals surface area (Å²) in [5.41, 5.74) is 1.55. The van der Waals surface area contributed by atoms with Gasteiger partial charge in [0.05, 0.1) is 7.11 Å². The molecule has 9 heteroatoms. The van der Waals surface area contributed by atoms with E-state index >= 15 is 0 Å². The van der Waals surface area contributed by atoms with Crippen molar-refractivity contribution in [1.82, 2.24) is 10.2 Å². The molecule has 2 aromatic carbocycles. The van der Waals surface area contributed by atoms with E-state index in [0.717, 1.165) is 12.0 Å². The van der Waals surface area contributed by atoms with E-state index in [1.54, 1.807) is 29.2 Å². The van der Waals surface area contributed by atoms with Gasteiger partial charge in [0.15, 0.2) is 0 Å². The normalized spacial score (nSPS) is 16.1. The minimum atomic E-state index is -0.911. The van der Waals surface area contributed by atoms with Gasteiger partial charge in [0.1, 0.15) is 17.8 Å². The molecular formula is C24H27N3O6. The van der Waals surface area contributed by atoms with Gasteiger partial charge in [-0.2, -0.15) is 0 Å². The Kier molecular flexibility index (Phi) is 7.66. The Morgan fingerprint density at radius 3 is 2.36 bits per heavy atom. The molecule has 1 saturated heterocycles. The van der Waals surface area contributed by atoms with E-state index in [2.05, 4.69) is 10.6 Å². The largest absolute Gasteiger partial charge is 0.508 e. The van der Waals surface area contributed by atoms with Crippen molar-refractivity contribution in [2.75, 3.05) is 19.0 Å². The molecule has 9 nitrogen and oxygen atoms in total. The van der Waals surface area contributed by atoms with Crippen molar-refractivity contribution in [1.29, 1.82) is 0 Å². The van der Waals surface area contributed by atoms with Gasteiger partial charge in [0, 0.05) is 31.1 Å².